The van der Waals surface area contributed by atoms with Crippen molar-refractivity contribution in [2.75, 3.05) is 25.5 Å². The van der Waals surface area contributed by atoms with Gasteiger partial charge in [-0.3, -0.25) is 5.32 Å². The monoisotopic (exact) mass is 486 g/mol. The highest BCUT2D eigenvalue weighted by molar-refractivity contribution is 5.96. The molecule has 3 aromatic carbocycles. The first-order valence-electron chi connectivity index (χ1n) is 12.1. The van der Waals surface area contributed by atoms with Crippen molar-refractivity contribution in [2.45, 2.75) is 32.0 Å². The van der Waals surface area contributed by atoms with E-state index in [0.717, 1.165) is 52.2 Å². The van der Waals surface area contributed by atoms with Gasteiger partial charge in [0.1, 0.15) is 12.3 Å². The minimum atomic E-state index is -1.00. The van der Waals surface area contributed by atoms with Gasteiger partial charge in [-0.05, 0) is 72.6 Å². The van der Waals surface area contributed by atoms with E-state index in [2.05, 4.69) is 10.2 Å². The summed E-state index contributed by atoms with van der Waals surface area (Å²) >= 11 is 0. The molecule has 8 heteroatoms. The Labute approximate surface area is 209 Å². The lowest BCUT2D eigenvalue weighted by Gasteiger charge is -2.19. The number of nitrogens with two attached hydrogens (primary N) is 1. The zero-order chi connectivity index (χ0) is 25.2. The number of aromatic nitrogens is 1. The molecule has 0 bridgehead atoms. The van der Waals surface area contributed by atoms with E-state index in [0.29, 0.717) is 25.4 Å². The maximum atomic E-state index is 12.6. The second kappa shape index (κ2) is 10.0. The molecule has 1 aliphatic heterocycles. The molecule has 1 aliphatic rings. The molecule has 0 spiro atoms. The van der Waals surface area contributed by atoms with Crippen molar-refractivity contribution < 1.29 is 19.4 Å². The number of likely N-dealkylation sites (N-methyl/N-ethyl adjacent to an activating group) is 1. The number of hydrogen-bond donors (Lipinski definition) is 3. The Bertz CT molecular complexity index is 1440. The summed E-state index contributed by atoms with van der Waals surface area (Å²) in [4.78, 5) is 26.9. The van der Waals surface area contributed by atoms with E-state index in [1.807, 2.05) is 61.6 Å². The number of anilines is 1. The molecule has 1 aromatic heterocycles. The van der Waals surface area contributed by atoms with Crippen LogP contribution in [0.1, 0.15) is 34.5 Å². The summed E-state index contributed by atoms with van der Waals surface area (Å²) in [6.45, 7) is 2.05. The first-order valence-corrected chi connectivity index (χ1v) is 12.1. The molecular weight excluding hydrogens is 456 g/mol. The molecule has 1 saturated heterocycles. The van der Waals surface area contributed by atoms with E-state index in [4.69, 9.17) is 10.5 Å². The first-order chi connectivity index (χ1) is 17.4. The van der Waals surface area contributed by atoms with Gasteiger partial charge in [0.15, 0.2) is 0 Å². The number of likely N-dealkylation sites (tertiary alicyclic amines) is 1. The Hall–Kier alpha value is -3.88. The van der Waals surface area contributed by atoms with E-state index in [9.17, 15) is 14.7 Å². The van der Waals surface area contributed by atoms with Crippen LogP contribution in [-0.2, 0) is 17.8 Å². The van der Waals surface area contributed by atoms with Crippen molar-refractivity contribution in [3.63, 3.8) is 0 Å². The second-order valence-corrected chi connectivity index (χ2v) is 9.37. The molecule has 1 fully saturated rings. The average molecular weight is 487 g/mol. The van der Waals surface area contributed by atoms with Crippen LogP contribution in [0, 0.1) is 0 Å². The molecule has 1 unspecified atom stereocenters. The van der Waals surface area contributed by atoms with Gasteiger partial charge in [-0.2, -0.15) is 0 Å². The van der Waals surface area contributed by atoms with Crippen LogP contribution >= 0.6 is 0 Å². The Kier molecular flexibility index (Phi) is 6.63. The third kappa shape index (κ3) is 4.78. The van der Waals surface area contributed by atoms with E-state index in [1.165, 1.54) is 0 Å². The summed E-state index contributed by atoms with van der Waals surface area (Å²) in [5.41, 5.74) is 9.26. The van der Waals surface area contributed by atoms with Crippen molar-refractivity contribution in [2.24, 2.45) is 5.73 Å². The highest BCUT2D eigenvalue weighted by Gasteiger charge is 2.22. The number of nitrogens with one attached hydrogen (secondary N) is 1. The highest BCUT2D eigenvalue weighted by Crippen LogP contribution is 2.29. The van der Waals surface area contributed by atoms with Gasteiger partial charge in [0, 0.05) is 35.7 Å². The third-order valence-corrected chi connectivity index (χ3v) is 7.02. The number of amides is 1. The van der Waals surface area contributed by atoms with Gasteiger partial charge < -0.3 is 25.0 Å². The average Bonchev–Trinajstić information content (AvgIpc) is 3.45. The Morgan fingerprint density at radius 1 is 1.11 bits per heavy atom. The van der Waals surface area contributed by atoms with Crippen LogP contribution in [0.5, 0.6) is 0 Å². The summed E-state index contributed by atoms with van der Waals surface area (Å²) in [6.07, 6.45) is 1.63. The summed E-state index contributed by atoms with van der Waals surface area (Å²) in [6, 6.07) is 19.3. The zero-order valence-corrected chi connectivity index (χ0v) is 20.2. The lowest BCUT2D eigenvalue weighted by molar-refractivity contribution is 0.0686. The van der Waals surface area contributed by atoms with Crippen LogP contribution in [0.2, 0.25) is 0 Å². The van der Waals surface area contributed by atoms with Gasteiger partial charge in [0.2, 0.25) is 0 Å². The molecule has 0 aliphatic carbocycles. The predicted octanol–water partition coefficient (Wildman–Crippen LogP) is 4.64. The Morgan fingerprint density at radius 2 is 1.94 bits per heavy atom. The van der Waals surface area contributed by atoms with Crippen LogP contribution in [0.15, 0.2) is 60.7 Å². The molecule has 1 atom stereocenters. The molecular formula is C28H30N4O4. The number of carbonyl (C=O) groups is 2. The van der Waals surface area contributed by atoms with E-state index in [1.54, 1.807) is 10.6 Å². The summed E-state index contributed by atoms with van der Waals surface area (Å²) in [5.74, 6) is -1.00. The largest absolute Gasteiger partial charge is 0.477 e. The number of aromatic carboxylic acids is 1. The number of carboxylic acid groups (broad SMARTS) is 1. The zero-order valence-electron chi connectivity index (χ0n) is 20.2. The number of carboxylic acids is 1. The maximum absolute atomic E-state index is 12.6. The first kappa shape index (κ1) is 23.8. The van der Waals surface area contributed by atoms with E-state index < -0.39 is 12.1 Å². The van der Waals surface area contributed by atoms with Crippen molar-refractivity contribution in [1.82, 2.24) is 9.47 Å². The molecule has 2 heterocycles. The minimum Gasteiger partial charge on any atom is -0.477 e. The molecule has 5 rings (SSSR count). The molecule has 4 aromatic rings. The summed E-state index contributed by atoms with van der Waals surface area (Å²) < 4.78 is 7.29. The maximum Gasteiger partial charge on any atom is 0.411 e. The number of nitrogens with zero attached hydrogens (tertiary/aromatic N) is 2. The Balaban J connectivity index is 1.47. The normalized spacial score (nSPS) is 16.0. The molecule has 36 heavy (non-hydrogen) atoms. The van der Waals surface area contributed by atoms with Crippen molar-refractivity contribution >= 4 is 39.4 Å². The molecule has 4 N–H and O–H groups in total. The number of carbonyl (C=O) groups excluding carboxylic acids is 1. The van der Waals surface area contributed by atoms with E-state index >= 15 is 0 Å². The number of ether oxygens (including phenoxy) is 1. The fourth-order valence-electron chi connectivity index (χ4n) is 5.05. The SMILES string of the molecule is CN1CCCC1COC(=O)Nc1cc(Cn2c(C(=O)O)cc3ccc(CN)cc32)c2ccccc2c1. The number of fused-ring (bicyclic) bond motifs is 2. The molecule has 0 radical (unpaired) electrons. The molecule has 186 valence electrons. The highest BCUT2D eigenvalue weighted by atomic mass is 16.5. The third-order valence-electron chi connectivity index (χ3n) is 7.02. The van der Waals surface area contributed by atoms with Gasteiger partial charge in [-0.1, -0.05) is 36.4 Å². The van der Waals surface area contributed by atoms with Gasteiger partial charge in [0.25, 0.3) is 0 Å². The van der Waals surface area contributed by atoms with Gasteiger partial charge in [-0.25, -0.2) is 9.59 Å². The number of hydrogen-bond acceptors (Lipinski definition) is 5. The van der Waals surface area contributed by atoms with Crippen LogP contribution in [0.4, 0.5) is 10.5 Å². The van der Waals surface area contributed by atoms with Crippen molar-refractivity contribution in [3.8, 4) is 0 Å². The fraction of sp³-hybridized carbons (Fsp3) is 0.286. The molecule has 1 amide bonds. The standard InChI is InChI=1S/C28H30N4O4/c1-31-10-4-6-23(31)17-36-28(35)30-22-12-19-5-2-3-7-24(19)21(13-22)16-32-25-11-18(15-29)8-9-20(25)14-26(32)27(33)34/h2-3,5,7-9,11-14,23H,4,6,10,15-17,29H2,1H3,(H,30,35)(H,33,34). The molecule has 0 saturated carbocycles. The van der Waals surface area contributed by atoms with Gasteiger partial charge >= 0.3 is 12.1 Å². The van der Waals surface area contributed by atoms with Crippen LogP contribution in [0.25, 0.3) is 21.7 Å². The topological polar surface area (TPSA) is 110 Å². The van der Waals surface area contributed by atoms with Crippen LogP contribution in [0.3, 0.4) is 0 Å². The number of benzene rings is 3. The Morgan fingerprint density at radius 3 is 2.69 bits per heavy atom. The number of rotatable bonds is 7. The lowest BCUT2D eigenvalue weighted by Crippen LogP contribution is -2.31. The second-order valence-electron chi connectivity index (χ2n) is 9.37. The van der Waals surface area contributed by atoms with Gasteiger partial charge in [0.05, 0.1) is 0 Å². The summed E-state index contributed by atoms with van der Waals surface area (Å²) in [7, 11) is 2.04. The molecule has 8 nitrogen and oxygen atoms in total. The fourth-order valence-corrected chi connectivity index (χ4v) is 5.05. The predicted molar refractivity (Wildman–Crippen MR) is 140 cm³/mol. The van der Waals surface area contributed by atoms with E-state index in [-0.39, 0.29) is 11.7 Å². The smallest absolute Gasteiger partial charge is 0.411 e. The quantitative estimate of drug-likeness (QED) is 0.351. The minimum absolute atomic E-state index is 0.196. The summed E-state index contributed by atoms with van der Waals surface area (Å²) in [5, 5.41) is 15.5. The van der Waals surface area contributed by atoms with Crippen LogP contribution < -0.4 is 11.1 Å². The van der Waals surface area contributed by atoms with Crippen LogP contribution in [-0.4, -0.2) is 52.9 Å². The van der Waals surface area contributed by atoms with Gasteiger partial charge in [-0.15, -0.1) is 0 Å². The van der Waals surface area contributed by atoms with Crippen molar-refractivity contribution in [3.05, 3.63) is 77.5 Å². The lowest BCUT2D eigenvalue weighted by atomic mass is 10.0. The van der Waals surface area contributed by atoms with Crippen molar-refractivity contribution in [1.29, 1.82) is 0 Å².